The van der Waals surface area contributed by atoms with Crippen LogP contribution in [0.4, 0.5) is 0 Å². The highest BCUT2D eigenvalue weighted by Gasteiger charge is 2.29. The largest absolute Gasteiger partial charge is 0.508 e. The lowest BCUT2D eigenvalue weighted by Gasteiger charge is -2.26. The second-order valence-electron chi connectivity index (χ2n) is 7.19. The Hall–Kier alpha value is -3.14. The topological polar surface area (TPSA) is 171 Å². The Kier molecular flexibility index (Phi) is 9.76. The molecule has 30 heavy (non-hydrogen) atoms. The molecule has 0 saturated heterocycles. The molecule has 1 aromatic carbocycles. The first-order valence-corrected chi connectivity index (χ1v) is 9.68. The SMILES string of the molecule is CCC(C)C(NC(=O)C(N)Cc1ccc(O)cc1)C(=O)NC(C)C(=O)NCC(=O)O. The van der Waals surface area contributed by atoms with Crippen molar-refractivity contribution >= 4 is 23.7 Å². The molecule has 0 aromatic heterocycles. The van der Waals surface area contributed by atoms with Gasteiger partial charge in [-0.25, -0.2) is 0 Å². The minimum absolute atomic E-state index is 0.104. The van der Waals surface area contributed by atoms with Crippen molar-refractivity contribution in [2.24, 2.45) is 11.7 Å². The summed E-state index contributed by atoms with van der Waals surface area (Å²) in [5.41, 5.74) is 6.72. The third-order valence-electron chi connectivity index (χ3n) is 4.69. The van der Waals surface area contributed by atoms with Crippen LogP contribution in [0.5, 0.6) is 5.75 Å². The van der Waals surface area contributed by atoms with Crippen LogP contribution in [0.3, 0.4) is 0 Å². The minimum atomic E-state index is -1.20. The molecule has 166 valence electrons. The van der Waals surface area contributed by atoms with Gasteiger partial charge < -0.3 is 31.9 Å². The number of nitrogens with one attached hydrogen (secondary N) is 3. The third-order valence-corrected chi connectivity index (χ3v) is 4.69. The fraction of sp³-hybridized carbons (Fsp3) is 0.500. The molecule has 4 unspecified atom stereocenters. The Morgan fingerprint density at radius 2 is 1.60 bits per heavy atom. The number of rotatable bonds is 11. The molecule has 7 N–H and O–H groups in total. The molecule has 0 aliphatic rings. The molecular weight excluding hydrogens is 392 g/mol. The van der Waals surface area contributed by atoms with Crippen LogP contribution in [0.15, 0.2) is 24.3 Å². The summed E-state index contributed by atoms with van der Waals surface area (Å²) in [5, 5.41) is 25.3. The van der Waals surface area contributed by atoms with E-state index in [4.69, 9.17) is 10.8 Å². The average Bonchev–Trinajstić information content (AvgIpc) is 2.70. The first-order valence-electron chi connectivity index (χ1n) is 9.68. The lowest BCUT2D eigenvalue weighted by Crippen LogP contribution is -2.57. The van der Waals surface area contributed by atoms with E-state index in [-0.39, 0.29) is 18.1 Å². The Balaban J connectivity index is 2.74. The smallest absolute Gasteiger partial charge is 0.322 e. The first-order chi connectivity index (χ1) is 14.0. The normalized spacial score (nSPS) is 14.7. The standard InChI is InChI=1S/C20H30N4O6/c1-4-11(2)17(20(30)23-12(3)18(28)22-10-16(26)27)24-19(29)15(21)9-13-5-7-14(25)8-6-13/h5-8,11-12,15,17,25H,4,9-10,21H2,1-3H3,(H,22,28)(H,23,30)(H,24,29)(H,26,27). The van der Waals surface area contributed by atoms with Gasteiger partial charge in [-0.15, -0.1) is 0 Å². The van der Waals surface area contributed by atoms with E-state index in [0.717, 1.165) is 5.56 Å². The zero-order valence-electron chi connectivity index (χ0n) is 17.3. The Morgan fingerprint density at radius 1 is 1.00 bits per heavy atom. The molecule has 3 amide bonds. The highest BCUT2D eigenvalue weighted by molar-refractivity contribution is 5.93. The van der Waals surface area contributed by atoms with Gasteiger partial charge in [0.15, 0.2) is 0 Å². The van der Waals surface area contributed by atoms with Gasteiger partial charge in [0.25, 0.3) is 0 Å². The number of aromatic hydroxyl groups is 1. The van der Waals surface area contributed by atoms with Gasteiger partial charge in [0.2, 0.25) is 17.7 Å². The van der Waals surface area contributed by atoms with Crippen molar-refractivity contribution in [1.29, 1.82) is 0 Å². The Labute approximate surface area is 175 Å². The molecule has 4 atom stereocenters. The van der Waals surface area contributed by atoms with Crippen LogP contribution >= 0.6 is 0 Å². The highest BCUT2D eigenvalue weighted by atomic mass is 16.4. The predicted molar refractivity (Wildman–Crippen MR) is 109 cm³/mol. The van der Waals surface area contributed by atoms with Crippen LogP contribution in [0.1, 0.15) is 32.8 Å². The number of hydrogen-bond acceptors (Lipinski definition) is 6. The molecule has 0 heterocycles. The van der Waals surface area contributed by atoms with E-state index in [9.17, 15) is 24.3 Å². The summed E-state index contributed by atoms with van der Waals surface area (Å²) in [7, 11) is 0. The molecule has 10 nitrogen and oxygen atoms in total. The van der Waals surface area contributed by atoms with E-state index in [1.165, 1.54) is 19.1 Å². The van der Waals surface area contributed by atoms with Gasteiger partial charge in [0.1, 0.15) is 24.4 Å². The van der Waals surface area contributed by atoms with E-state index >= 15 is 0 Å². The van der Waals surface area contributed by atoms with Crippen molar-refractivity contribution < 1.29 is 29.4 Å². The fourth-order valence-electron chi connectivity index (χ4n) is 2.63. The number of carbonyl (C=O) groups excluding carboxylic acids is 3. The minimum Gasteiger partial charge on any atom is -0.508 e. The number of benzene rings is 1. The summed E-state index contributed by atoms with van der Waals surface area (Å²) in [6, 6.07) is 3.48. The summed E-state index contributed by atoms with van der Waals surface area (Å²) < 4.78 is 0. The summed E-state index contributed by atoms with van der Waals surface area (Å²) in [5.74, 6) is -3.06. The number of phenols is 1. The molecule has 0 aliphatic heterocycles. The molecular formula is C20H30N4O6. The van der Waals surface area contributed by atoms with Crippen molar-refractivity contribution in [3.8, 4) is 5.75 Å². The summed E-state index contributed by atoms with van der Waals surface area (Å²) in [6.45, 7) is 4.50. The molecule has 0 spiro atoms. The van der Waals surface area contributed by atoms with Gasteiger partial charge in [-0.1, -0.05) is 32.4 Å². The van der Waals surface area contributed by atoms with E-state index in [1.807, 2.05) is 6.92 Å². The summed E-state index contributed by atoms with van der Waals surface area (Å²) >= 11 is 0. The molecule has 0 saturated carbocycles. The van der Waals surface area contributed by atoms with Crippen LogP contribution < -0.4 is 21.7 Å². The van der Waals surface area contributed by atoms with E-state index in [1.54, 1.807) is 19.1 Å². The maximum Gasteiger partial charge on any atom is 0.322 e. The monoisotopic (exact) mass is 422 g/mol. The molecule has 0 radical (unpaired) electrons. The lowest BCUT2D eigenvalue weighted by atomic mass is 9.97. The number of carbonyl (C=O) groups is 4. The van der Waals surface area contributed by atoms with Gasteiger partial charge in [0.05, 0.1) is 6.04 Å². The van der Waals surface area contributed by atoms with E-state index in [2.05, 4.69) is 16.0 Å². The average molecular weight is 422 g/mol. The predicted octanol–water partition coefficient (Wildman–Crippen LogP) is -0.502. The number of carboxylic acids is 1. The lowest BCUT2D eigenvalue weighted by molar-refractivity contribution is -0.138. The van der Waals surface area contributed by atoms with Crippen LogP contribution in [0, 0.1) is 5.92 Å². The number of amides is 3. The Morgan fingerprint density at radius 3 is 2.13 bits per heavy atom. The zero-order chi connectivity index (χ0) is 22.8. The molecule has 10 heteroatoms. The van der Waals surface area contributed by atoms with Crippen LogP contribution in [0.2, 0.25) is 0 Å². The molecule has 0 fully saturated rings. The van der Waals surface area contributed by atoms with Gasteiger partial charge in [0, 0.05) is 0 Å². The van der Waals surface area contributed by atoms with Crippen LogP contribution in [0.25, 0.3) is 0 Å². The highest BCUT2D eigenvalue weighted by Crippen LogP contribution is 2.12. The van der Waals surface area contributed by atoms with Crippen molar-refractivity contribution in [2.75, 3.05) is 6.54 Å². The van der Waals surface area contributed by atoms with Crippen molar-refractivity contribution in [1.82, 2.24) is 16.0 Å². The number of aliphatic carboxylic acids is 1. The molecule has 1 aromatic rings. The Bertz CT molecular complexity index is 752. The second kappa shape index (κ2) is 11.8. The van der Waals surface area contributed by atoms with Gasteiger partial charge >= 0.3 is 5.97 Å². The number of phenolic OH excluding ortho intramolecular Hbond substituents is 1. The third kappa shape index (κ3) is 8.08. The zero-order valence-corrected chi connectivity index (χ0v) is 17.3. The number of carboxylic acid groups (broad SMARTS) is 1. The molecule has 0 bridgehead atoms. The van der Waals surface area contributed by atoms with E-state index < -0.39 is 48.4 Å². The van der Waals surface area contributed by atoms with Crippen molar-refractivity contribution in [2.45, 2.75) is 51.7 Å². The second-order valence-corrected chi connectivity index (χ2v) is 7.19. The van der Waals surface area contributed by atoms with Crippen molar-refractivity contribution in [3.63, 3.8) is 0 Å². The maximum atomic E-state index is 12.7. The van der Waals surface area contributed by atoms with Crippen LogP contribution in [-0.4, -0.2) is 58.6 Å². The van der Waals surface area contributed by atoms with Crippen molar-refractivity contribution in [3.05, 3.63) is 29.8 Å². The summed E-state index contributed by atoms with van der Waals surface area (Å²) in [6.07, 6.45) is 0.806. The fourth-order valence-corrected chi connectivity index (χ4v) is 2.63. The maximum absolute atomic E-state index is 12.7. The molecule has 1 rings (SSSR count). The number of hydrogen-bond donors (Lipinski definition) is 6. The first kappa shape index (κ1) is 24.9. The van der Waals surface area contributed by atoms with Gasteiger partial charge in [-0.05, 0) is 37.0 Å². The number of nitrogens with two attached hydrogens (primary N) is 1. The molecule has 0 aliphatic carbocycles. The van der Waals surface area contributed by atoms with Gasteiger partial charge in [-0.3, -0.25) is 19.2 Å². The van der Waals surface area contributed by atoms with Gasteiger partial charge in [-0.2, -0.15) is 0 Å². The quantitative estimate of drug-likeness (QED) is 0.279. The van der Waals surface area contributed by atoms with Crippen LogP contribution in [-0.2, 0) is 25.6 Å². The van der Waals surface area contributed by atoms with E-state index in [0.29, 0.717) is 6.42 Å². The summed E-state index contributed by atoms with van der Waals surface area (Å²) in [4.78, 5) is 47.6.